The van der Waals surface area contributed by atoms with Crippen molar-refractivity contribution in [3.8, 4) is 0 Å². The standard InChI is InChI=1S/C26H28N2O3S2/c29-26(27-25(24-10-5-17-32-24)20-6-2-1-3-7-20)21-13-15-28(16-14-21)33(30,31)23-12-11-19-8-4-9-22(19)18-23/h1-3,5-7,10-12,17-18,21,25H,4,8-9,13-16H2,(H,27,29). The Balaban J connectivity index is 1.25. The highest BCUT2D eigenvalue weighted by Crippen LogP contribution is 2.30. The number of nitrogens with one attached hydrogen (secondary N) is 1. The molecule has 2 aromatic carbocycles. The van der Waals surface area contributed by atoms with Crippen molar-refractivity contribution in [1.82, 2.24) is 9.62 Å². The lowest BCUT2D eigenvalue weighted by molar-refractivity contribution is -0.126. The molecular formula is C26H28N2O3S2. The number of thiophene rings is 1. The fourth-order valence-corrected chi connectivity index (χ4v) is 7.22. The summed E-state index contributed by atoms with van der Waals surface area (Å²) in [6.45, 7) is 0.735. The molecule has 3 aromatic rings. The lowest BCUT2D eigenvalue weighted by atomic mass is 9.96. The first kappa shape index (κ1) is 22.3. The van der Waals surface area contributed by atoms with Crippen molar-refractivity contribution in [3.63, 3.8) is 0 Å². The van der Waals surface area contributed by atoms with E-state index in [0.717, 1.165) is 35.3 Å². The zero-order valence-electron chi connectivity index (χ0n) is 18.4. The normalized spacial score (nSPS) is 18.1. The van der Waals surface area contributed by atoms with E-state index in [1.54, 1.807) is 21.7 Å². The summed E-state index contributed by atoms with van der Waals surface area (Å²) in [5.41, 5.74) is 3.47. The number of aryl methyl sites for hydroxylation is 2. The first-order chi connectivity index (χ1) is 16.0. The average molecular weight is 481 g/mol. The average Bonchev–Trinajstić information content (AvgIpc) is 3.55. The number of amides is 1. The molecule has 1 aliphatic heterocycles. The second kappa shape index (κ2) is 9.41. The Kier molecular flexibility index (Phi) is 6.36. The van der Waals surface area contributed by atoms with Crippen molar-refractivity contribution in [2.24, 2.45) is 5.92 Å². The topological polar surface area (TPSA) is 66.5 Å². The number of fused-ring (bicyclic) bond motifs is 1. The van der Waals surface area contributed by atoms with Crippen LogP contribution in [0, 0.1) is 5.92 Å². The van der Waals surface area contributed by atoms with Crippen molar-refractivity contribution in [2.75, 3.05) is 13.1 Å². The summed E-state index contributed by atoms with van der Waals surface area (Å²) >= 11 is 1.62. The van der Waals surface area contributed by atoms with Gasteiger partial charge in [0.15, 0.2) is 0 Å². The van der Waals surface area contributed by atoms with Crippen LogP contribution in [0.25, 0.3) is 0 Å². The van der Waals surface area contributed by atoms with Crippen molar-refractivity contribution in [2.45, 2.75) is 43.0 Å². The van der Waals surface area contributed by atoms with Gasteiger partial charge in [-0.15, -0.1) is 11.3 Å². The molecule has 1 fully saturated rings. The molecule has 33 heavy (non-hydrogen) atoms. The highest BCUT2D eigenvalue weighted by atomic mass is 32.2. The molecule has 0 saturated carbocycles. The highest BCUT2D eigenvalue weighted by Gasteiger charge is 2.33. The Morgan fingerprint density at radius 2 is 1.73 bits per heavy atom. The minimum Gasteiger partial charge on any atom is -0.344 e. The number of hydrogen-bond acceptors (Lipinski definition) is 4. The van der Waals surface area contributed by atoms with E-state index >= 15 is 0 Å². The van der Waals surface area contributed by atoms with Gasteiger partial charge in [0.05, 0.1) is 10.9 Å². The lowest BCUT2D eigenvalue weighted by Gasteiger charge is -2.31. The maximum Gasteiger partial charge on any atom is 0.243 e. The highest BCUT2D eigenvalue weighted by molar-refractivity contribution is 7.89. The molecule has 0 bridgehead atoms. The molecule has 1 saturated heterocycles. The van der Waals surface area contributed by atoms with E-state index in [0.29, 0.717) is 30.8 Å². The van der Waals surface area contributed by atoms with E-state index in [-0.39, 0.29) is 17.9 Å². The number of carbonyl (C=O) groups is 1. The molecule has 1 atom stereocenters. The Bertz CT molecular complexity index is 1220. The van der Waals surface area contributed by atoms with Crippen molar-refractivity contribution in [3.05, 3.63) is 87.6 Å². The lowest BCUT2D eigenvalue weighted by Crippen LogP contribution is -2.43. The van der Waals surface area contributed by atoms with E-state index in [2.05, 4.69) is 5.32 Å². The zero-order chi connectivity index (χ0) is 22.8. The number of hydrogen-bond donors (Lipinski definition) is 1. The minimum absolute atomic E-state index is 0.00756. The van der Waals surface area contributed by atoms with Crippen LogP contribution < -0.4 is 5.32 Å². The van der Waals surface area contributed by atoms with E-state index in [4.69, 9.17) is 0 Å². The molecule has 172 valence electrons. The van der Waals surface area contributed by atoms with Gasteiger partial charge in [-0.25, -0.2) is 8.42 Å². The van der Waals surface area contributed by atoms with Gasteiger partial charge in [0.2, 0.25) is 15.9 Å². The van der Waals surface area contributed by atoms with E-state index in [9.17, 15) is 13.2 Å². The zero-order valence-corrected chi connectivity index (χ0v) is 20.1. The summed E-state index contributed by atoms with van der Waals surface area (Å²) < 4.78 is 28.0. The molecule has 5 nitrogen and oxygen atoms in total. The fourth-order valence-electron chi connectivity index (χ4n) is 4.90. The molecule has 5 rings (SSSR count). The second-order valence-corrected chi connectivity index (χ2v) is 11.7. The van der Waals surface area contributed by atoms with Crippen LogP contribution in [0.15, 0.2) is 70.9 Å². The van der Waals surface area contributed by atoms with Gasteiger partial charge < -0.3 is 5.32 Å². The smallest absolute Gasteiger partial charge is 0.243 e. The van der Waals surface area contributed by atoms with Gasteiger partial charge in [-0.2, -0.15) is 4.31 Å². The molecule has 2 aliphatic rings. The number of carbonyl (C=O) groups excluding carboxylic acids is 1. The van der Waals surface area contributed by atoms with Gasteiger partial charge >= 0.3 is 0 Å². The summed E-state index contributed by atoms with van der Waals surface area (Å²) in [4.78, 5) is 14.6. The molecule has 0 radical (unpaired) electrons. The predicted octanol–water partition coefficient (Wildman–Crippen LogP) is 4.54. The van der Waals surface area contributed by atoms with Crippen LogP contribution in [-0.4, -0.2) is 31.7 Å². The Labute approximate surface area is 199 Å². The van der Waals surface area contributed by atoms with E-state index in [1.165, 1.54) is 5.56 Å². The summed E-state index contributed by atoms with van der Waals surface area (Å²) in [6, 6.07) is 19.4. The molecule has 1 aliphatic carbocycles. The molecule has 1 N–H and O–H groups in total. The monoisotopic (exact) mass is 480 g/mol. The Morgan fingerprint density at radius 1 is 0.970 bits per heavy atom. The van der Waals surface area contributed by atoms with Crippen molar-refractivity contribution in [1.29, 1.82) is 0 Å². The van der Waals surface area contributed by atoms with Gasteiger partial charge in [0.25, 0.3) is 0 Å². The van der Waals surface area contributed by atoms with Crippen LogP contribution in [0.1, 0.15) is 46.9 Å². The van der Waals surface area contributed by atoms with E-state index < -0.39 is 10.0 Å². The molecule has 1 amide bonds. The fraction of sp³-hybridized carbons (Fsp3) is 0.346. The van der Waals surface area contributed by atoms with Crippen LogP contribution in [-0.2, 0) is 27.7 Å². The van der Waals surface area contributed by atoms with Crippen LogP contribution in [0.2, 0.25) is 0 Å². The molecule has 0 spiro atoms. The number of piperidine rings is 1. The third-order valence-corrected chi connectivity index (χ3v) is 9.61. The quantitative estimate of drug-likeness (QED) is 0.563. The predicted molar refractivity (Wildman–Crippen MR) is 131 cm³/mol. The van der Waals surface area contributed by atoms with Crippen LogP contribution >= 0.6 is 11.3 Å². The molecule has 2 heterocycles. The second-order valence-electron chi connectivity index (χ2n) is 8.83. The number of rotatable bonds is 6. The third-order valence-electron chi connectivity index (χ3n) is 6.78. The molecule has 7 heteroatoms. The number of nitrogens with zero attached hydrogens (tertiary/aromatic N) is 1. The van der Waals surface area contributed by atoms with Crippen molar-refractivity contribution >= 4 is 27.3 Å². The summed E-state index contributed by atoms with van der Waals surface area (Å²) in [5, 5.41) is 5.24. The Hall–Kier alpha value is -2.48. The molecule has 1 aromatic heterocycles. The van der Waals surface area contributed by atoms with Crippen LogP contribution in [0.5, 0.6) is 0 Å². The van der Waals surface area contributed by atoms with Gasteiger partial charge in [0, 0.05) is 23.9 Å². The third kappa shape index (κ3) is 4.63. The number of sulfonamides is 1. The SMILES string of the molecule is O=C(NC(c1ccccc1)c1cccs1)C1CCN(S(=O)(=O)c2ccc3c(c2)CCC3)CC1. The van der Waals surface area contributed by atoms with Gasteiger partial charge in [-0.05, 0) is 72.4 Å². The van der Waals surface area contributed by atoms with Gasteiger partial charge in [-0.3, -0.25) is 4.79 Å². The maximum atomic E-state index is 13.2. The van der Waals surface area contributed by atoms with Gasteiger partial charge in [-0.1, -0.05) is 42.5 Å². The Morgan fingerprint density at radius 3 is 2.45 bits per heavy atom. The van der Waals surface area contributed by atoms with E-state index in [1.807, 2.05) is 60.0 Å². The number of benzene rings is 2. The summed E-state index contributed by atoms with van der Waals surface area (Å²) in [6.07, 6.45) is 4.14. The van der Waals surface area contributed by atoms with Crippen LogP contribution in [0.4, 0.5) is 0 Å². The summed E-state index contributed by atoms with van der Waals surface area (Å²) in [7, 11) is -3.53. The largest absolute Gasteiger partial charge is 0.344 e. The van der Waals surface area contributed by atoms with Crippen molar-refractivity contribution < 1.29 is 13.2 Å². The molecular weight excluding hydrogens is 452 g/mol. The first-order valence-electron chi connectivity index (χ1n) is 11.5. The maximum absolute atomic E-state index is 13.2. The first-order valence-corrected chi connectivity index (χ1v) is 13.8. The van der Waals surface area contributed by atoms with Gasteiger partial charge in [0.1, 0.15) is 0 Å². The molecule has 1 unspecified atom stereocenters. The minimum atomic E-state index is -3.53. The summed E-state index contributed by atoms with van der Waals surface area (Å²) in [5.74, 6) is -0.200. The van der Waals surface area contributed by atoms with Crippen LogP contribution in [0.3, 0.4) is 0 Å².